The minimum absolute atomic E-state index is 0.284. The van der Waals surface area contributed by atoms with Crippen LogP contribution in [0, 0.1) is 13.8 Å². The highest BCUT2D eigenvalue weighted by Gasteiger charge is 2.10. The SMILES string of the molecule is Cc1nn(Cc2ccccc2Br)c(C)c1O. The van der Waals surface area contributed by atoms with Gasteiger partial charge in [-0.15, -0.1) is 0 Å². The van der Waals surface area contributed by atoms with Gasteiger partial charge in [-0.05, 0) is 25.5 Å². The van der Waals surface area contributed by atoms with Gasteiger partial charge in [-0.25, -0.2) is 0 Å². The van der Waals surface area contributed by atoms with Gasteiger partial charge in [0.05, 0.1) is 12.2 Å². The minimum Gasteiger partial charge on any atom is -0.504 e. The van der Waals surface area contributed by atoms with Crippen LogP contribution in [0.5, 0.6) is 5.75 Å². The molecule has 0 fully saturated rings. The number of aromatic nitrogens is 2. The molecule has 0 bridgehead atoms. The maximum Gasteiger partial charge on any atom is 0.159 e. The Morgan fingerprint density at radius 2 is 2.00 bits per heavy atom. The van der Waals surface area contributed by atoms with Crippen molar-refractivity contribution < 1.29 is 5.11 Å². The number of hydrogen-bond acceptors (Lipinski definition) is 2. The smallest absolute Gasteiger partial charge is 0.159 e. The second-order valence-electron chi connectivity index (χ2n) is 3.77. The van der Waals surface area contributed by atoms with Crippen LogP contribution in [-0.4, -0.2) is 14.9 Å². The second-order valence-corrected chi connectivity index (χ2v) is 4.62. The van der Waals surface area contributed by atoms with Crippen LogP contribution < -0.4 is 0 Å². The van der Waals surface area contributed by atoms with Crippen LogP contribution in [0.1, 0.15) is 17.0 Å². The number of aromatic hydroxyl groups is 1. The molecule has 0 radical (unpaired) electrons. The molecule has 1 N–H and O–H groups in total. The van der Waals surface area contributed by atoms with Crippen molar-refractivity contribution in [2.75, 3.05) is 0 Å². The highest BCUT2D eigenvalue weighted by atomic mass is 79.9. The monoisotopic (exact) mass is 280 g/mol. The van der Waals surface area contributed by atoms with E-state index in [1.54, 1.807) is 6.92 Å². The fourth-order valence-corrected chi connectivity index (χ4v) is 2.04. The molecule has 0 atom stereocenters. The molecule has 0 unspecified atom stereocenters. The van der Waals surface area contributed by atoms with Gasteiger partial charge in [-0.2, -0.15) is 5.10 Å². The van der Waals surface area contributed by atoms with E-state index in [1.165, 1.54) is 0 Å². The van der Waals surface area contributed by atoms with Crippen molar-refractivity contribution >= 4 is 15.9 Å². The van der Waals surface area contributed by atoms with Gasteiger partial charge in [0.2, 0.25) is 0 Å². The minimum atomic E-state index is 0.284. The summed E-state index contributed by atoms with van der Waals surface area (Å²) in [4.78, 5) is 0. The summed E-state index contributed by atoms with van der Waals surface area (Å²) in [5.74, 6) is 0.284. The molecule has 1 aromatic heterocycles. The average Bonchev–Trinajstić information content (AvgIpc) is 2.50. The molecule has 1 heterocycles. The topological polar surface area (TPSA) is 38.0 Å². The Bertz CT molecular complexity index is 520. The van der Waals surface area contributed by atoms with Crippen molar-refractivity contribution in [2.24, 2.45) is 0 Å². The Hall–Kier alpha value is -1.29. The van der Waals surface area contributed by atoms with Crippen LogP contribution in [0.15, 0.2) is 28.7 Å². The summed E-state index contributed by atoms with van der Waals surface area (Å²) in [7, 11) is 0. The van der Waals surface area contributed by atoms with Gasteiger partial charge in [0, 0.05) is 4.47 Å². The molecule has 3 nitrogen and oxygen atoms in total. The molecule has 0 amide bonds. The van der Waals surface area contributed by atoms with E-state index in [1.807, 2.05) is 35.9 Å². The Morgan fingerprint density at radius 3 is 2.56 bits per heavy atom. The summed E-state index contributed by atoms with van der Waals surface area (Å²) < 4.78 is 2.87. The molecule has 0 aliphatic rings. The zero-order valence-electron chi connectivity index (χ0n) is 9.24. The third kappa shape index (κ3) is 1.97. The van der Waals surface area contributed by atoms with E-state index >= 15 is 0 Å². The van der Waals surface area contributed by atoms with E-state index in [0.717, 1.165) is 15.7 Å². The highest BCUT2D eigenvalue weighted by Crippen LogP contribution is 2.23. The fourth-order valence-electron chi connectivity index (χ4n) is 1.63. The average molecular weight is 281 g/mol. The van der Waals surface area contributed by atoms with E-state index < -0.39 is 0 Å². The molecule has 2 rings (SSSR count). The number of rotatable bonds is 2. The van der Waals surface area contributed by atoms with Gasteiger partial charge in [0.25, 0.3) is 0 Å². The van der Waals surface area contributed by atoms with Crippen LogP contribution in [0.4, 0.5) is 0 Å². The number of hydrogen-bond donors (Lipinski definition) is 1. The van der Waals surface area contributed by atoms with Gasteiger partial charge >= 0.3 is 0 Å². The van der Waals surface area contributed by atoms with Crippen molar-refractivity contribution in [3.63, 3.8) is 0 Å². The quantitative estimate of drug-likeness (QED) is 0.918. The van der Waals surface area contributed by atoms with Crippen LogP contribution >= 0.6 is 15.9 Å². The summed E-state index contributed by atoms with van der Waals surface area (Å²) >= 11 is 3.50. The molecule has 0 saturated heterocycles. The van der Waals surface area contributed by atoms with Crippen LogP contribution in [0.2, 0.25) is 0 Å². The van der Waals surface area contributed by atoms with Crippen LogP contribution in [0.25, 0.3) is 0 Å². The Balaban J connectivity index is 2.34. The van der Waals surface area contributed by atoms with Crippen molar-refractivity contribution in [3.8, 4) is 5.75 Å². The first-order valence-electron chi connectivity index (χ1n) is 5.06. The van der Waals surface area contributed by atoms with Gasteiger partial charge in [-0.1, -0.05) is 34.1 Å². The third-order valence-corrected chi connectivity index (χ3v) is 3.39. The molecule has 2 aromatic rings. The molecule has 4 heteroatoms. The Kier molecular flexibility index (Phi) is 3.01. The van der Waals surface area contributed by atoms with E-state index in [-0.39, 0.29) is 5.75 Å². The largest absolute Gasteiger partial charge is 0.504 e. The summed E-state index contributed by atoms with van der Waals surface area (Å²) in [5.41, 5.74) is 2.62. The van der Waals surface area contributed by atoms with Crippen LogP contribution in [-0.2, 0) is 6.54 Å². The lowest BCUT2D eigenvalue weighted by Crippen LogP contribution is -2.04. The third-order valence-electron chi connectivity index (χ3n) is 2.62. The summed E-state index contributed by atoms with van der Waals surface area (Å²) in [6.07, 6.45) is 0. The van der Waals surface area contributed by atoms with Crippen molar-refractivity contribution in [3.05, 3.63) is 45.7 Å². The van der Waals surface area contributed by atoms with Gasteiger partial charge in [0.15, 0.2) is 5.75 Å². The molecule has 84 valence electrons. The number of halogens is 1. The molecule has 0 saturated carbocycles. The van der Waals surface area contributed by atoms with Gasteiger partial charge in [-0.3, -0.25) is 4.68 Å². The number of aryl methyl sites for hydroxylation is 1. The number of nitrogens with zero attached hydrogens (tertiary/aromatic N) is 2. The second kappa shape index (κ2) is 4.29. The lowest BCUT2D eigenvalue weighted by atomic mass is 10.2. The van der Waals surface area contributed by atoms with Crippen LogP contribution in [0.3, 0.4) is 0 Å². The van der Waals surface area contributed by atoms with Crippen molar-refractivity contribution in [1.29, 1.82) is 0 Å². The predicted molar refractivity (Wildman–Crippen MR) is 66.6 cm³/mol. The van der Waals surface area contributed by atoms with E-state index in [4.69, 9.17) is 0 Å². The lowest BCUT2D eigenvalue weighted by molar-refractivity contribution is 0.465. The molecule has 0 spiro atoms. The molecular weight excluding hydrogens is 268 g/mol. The molecule has 1 aromatic carbocycles. The maximum atomic E-state index is 9.68. The molecule has 16 heavy (non-hydrogen) atoms. The first kappa shape index (κ1) is 11.2. The van der Waals surface area contributed by atoms with E-state index in [9.17, 15) is 5.11 Å². The predicted octanol–water partition coefficient (Wildman–Crippen LogP) is 3.02. The summed E-state index contributed by atoms with van der Waals surface area (Å²) in [6, 6.07) is 8.01. The van der Waals surface area contributed by atoms with Gasteiger partial charge in [0.1, 0.15) is 5.69 Å². The molecular formula is C12H13BrN2O. The number of benzene rings is 1. The zero-order chi connectivity index (χ0) is 11.7. The fraction of sp³-hybridized carbons (Fsp3) is 0.250. The first-order valence-corrected chi connectivity index (χ1v) is 5.85. The lowest BCUT2D eigenvalue weighted by Gasteiger charge is -2.06. The highest BCUT2D eigenvalue weighted by molar-refractivity contribution is 9.10. The van der Waals surface area contributed by atoms with Gasteiger partial charge < -0.3 is 5.11 Å². The van der Waals surface area contributed by atoms with E-state index in [2.05, 4.69) is 21.0 Å². The summed E-state index contributed by atoms with van der Waals surface area (Å²) in [5, 5.41) is 14.0. The van der Waals surface area contributed by atoms with Crippen molar-refractivity contribution in [2.45, 2.75) is 20.4 Å². The molecule has 0 aliphatic carbocycles. The van der Waals surface area contributed by atoms with Crippen molar-refractivity contribution in [1.82, 2.24) is 9.78 Å². The maximum absolute atomic E-state index is 9.68. The Morgan fingerprint density at radius 1 is 1.31 bits per heavy atom. The standard InChI is InChI=1S/C12H13BrN2O/c1-8-12(16)9(2)15(14-8)7-10-5-3-4-6-11(10)13/h3-6,16H,7H2,1-2H3. The summed E-state index contributed by atoms with van der Waals surface area (Å²) in [6.45, 7) is 4.33. The molecule has 0 aliphatic heterocycles. The normalized spacial score (nSPS) is 10.7. The first-order chi connectivity index (χ1) is 7.59. The van der Waals surface area contributed by atoms with E-state index in [0.29, 0.717) is 12.2 Å². The zero-order valence-corrected chi connectivity index (χ0v) is 10.8. The Labute approximate surface area is 103 Å².